The zero-order chi connectivity index (χ0) is 26.7. The number of unbranched alkanes of at least 4 members (excludes halogenated alkanes) is 2. The van der Waals surface area contributed by atoms with Crippen LogP contribution in [0.1, 0.15) is 141 Å². The van der Waals surface area contributed by atoms with Crippen LogP contribution in [0.25, 0.3) is 5.57 Å². The second-order valence-corrected chi connectivity index (χ2v) is 13.0. The normalized spacial score (nSPS) is 28.5. The van der Waals surface area contributed by atoms with Crippen molar-refractivity contribution in [3.63, 3.8) is 0 Å². The van der Waals surface area contributed by atoms with Crippen LogP contribution in [-0.2, 0) is 6.42 Å². The number of hydrogen-bond donors (Lipinski definition) is 0. The molecular weight excluding hydrogens is 470 g/mol. The van der Waals surface area contributed by atoms with Gasteiger partial charge in [-0.3, -0.25) is 0 Å². The van der Waals surface area contributed by atoms with Crippen molar-refractivity contribution in [1.29, 1.82) is 0 Å². The Kier molecular flexibility index (Phi) is 12.0. The van der Waals surface area contributed by atoms with Gasteiger partial charge in [0.1, 0.15) is 0 Å². The van der Waals surface area contributed by atoms with Crippen LogP contribution in [0.4, 0.5) is 8.78 Å². The molecule has 0 nitrogen and oxygen atoms in total. The Balaban J connectivity index is 1.12. The second kappa shape index (κ2) is 15.4. The highest BCUT2D eigenvalue weighted by atomic mass is 19.2. The van der Waals surface area contributed by atoms with Crippen molar-refractivity contribution in [2.24, 2.45) is 29.6 Å². The first-order chi connectivity index (χ1) is 18.6. The van der Waals surface area contributed by atoms with Crippen molar-refractivity contribution in [2.75, 3.05) is 0 Å². The molecule has 0 spiro atoms. The second-order valence-electron chi connectivity index (χ2n) is 13.0. The van der Waals surface area contributed by atoms with Gasteiger partial charge in [0.2, 0.25) is 0 Å². The summed E-state index contributed by atoms with van der Waals surface area (Å²) in [6.45, 7) is 4.13. The summed E-state index contributed by atoms with van der Waals surface area (Å²) < 4.78 is 29.2. The zero-order valence-electron chi connectivity index (χ0n) is 24.5. The van der Waals surface area contributed by atoms with Gasteiger partial charge in [-0.1, -0.05) is 88.7 Å². The van der Waals surface area contributed by atoms with Crippen LogP contribution in [-0.4, -0.2) is 0 Å². The smallest absolute Gasteiger partial charge is 0.166 e. The topological polar surface area (TPSA) is 0 Å². The number of hydrogen-bond acceptors (Lipinski definition) is 0. The molecule has 0 heterocycles. The number of aryl methyl sites for hydroxylation is 1. The third-order valence-electron chi connectivity index (χ3n) is 10.4. The van der Waals surface area contributed by atoms with E-state index in [-0.39, 0.29) is 0 Å². The summed E-state index contributed by atoms with van der Waals surface area (Å²) >= 11 is 0. The third-order valence-corrected chi connectivity index (χ3v) is 10.4. The average molecular weight is 525 g/mol. The zero-order valence-corrected chi connectivity index (χ0v) is 24.5. The summed E-state index contributed by atoms with van der Waals surface area (Å²) in [4.78, 5) is 0. The molecule has 0 N–H and O–H groups in total. The van der Waals surface area contributed by atoms with Gasteiger partial charge < -0.3 is 0 Å². The Bertz CT molecular complexity index is 896. The van der Waals surface area contributed by atoms with Gasteiger partial charge in [0.15, 0.2) is 11.6 Å². The molecular formula is C36H54F2. The van der Waals surface area contributed by atoms with Crippen LogP contribution < -0.4 is 0 Å². The summed E-state index contributed by atoms with van der Waals surface area (Å²) in [5.41, 5.74) is 2.03. The summed E-state index contributed by atoms with van der Waals surface area (Å²) in [5, 5.41) is 0. The van der Waals surface area contributed by atoms with Gasteiger partial charge in [-0.05, 0) is 118 Å². The molecule has 3 aliphatic rings. The fraction of sp³-hybridized carbons (Fsp3) is 0.722. The Hall–Kier alpha value is -1.44. The number of halogens is 2. The Morgan fingerprint density at radius 3 is 2.03 bits per heavy atom. The maximum atomic E-state index is 14.7. The van der Waals surface area contributed by atoms with Crippen molar-refractivity contribution >= 4 is 5.57 Å². The summed E-state index contributed by atoms with van der Waals surface area (Å²) in [6.07, 6.45) is 31.2. The molecule has 1 aromatic carbocycles. The van der Waals surface area contributed by atoms with Crippen molar-refractivity contribution < 1.29 is 8.78 Å². The van der Waals surface area contributed by atoms with Crippen molar-refractivity contribution in [1.82, 2.24) is 0 Å². The molecule has 1 atom stereocenters. The van der Waals surface area contributed by atoms with Gasteiger partial charge >= 0.3 is 0 Å². The highest BCUT2D eigenvalue weighted by Gasteiger charge is 2.31. The summed E-state index contributed by atoms with van der Waals surface area (Å²) in [6, 6.07) is 3.60. The maximum Gasteiger partial charge on any atom is 0.166 e. The van der Waals surface area contributed by atoms with Crippen LogP contribution in [0.5, 0.6) is 0 Å². The van der Waals surface area contributed by atoms with Gasteiger partial charge in [0, 0.05) is 5.56 Å². The van der Waals surface area contributed by atoms with Gasteiger partial charge in [0.05, 0.1) is 0 Å². The monoisotopic (exact) mass is 524 g/mol. The molecule has 2 saturated carbocycles. The Morgan fingerprint density at radius 2 is 1.42 bits per heavy atom. The molecule has 1 unspecified atom stereocenters. The molecule has 3 aliphatic carbocycles. The molecule has 0 radical (unpaired) electrons. The minimum Gasteiger partial charge on any atom is -0.203 e. The predicted octanol–water partition coefficient (Wildman–Crippen LogP) is 11.6. The van der Waals surface area contributed by atoms with E-state index in [0.717, 1.165) is 60.8 Å². The van der Waals surface area contributed by atoms with E-state index in [0.29, 0.717) is 17.5 Å². The number of rotatable bonds is 12. The lowest BCUT2D eigenvalue weighted by Gasteiger charge is -2.38. The van der Waals surface area contributed by atoms with E-state index in [4.69, 9.17) is 0 Å². The van der Waals surface area contributed by atoms with Crippen LogP contribution in [0.3, 0.4) is 0 Å². The lowest BCUT2D eigenvalue weighted by Crippen LogP contribution is -2.26. The van der Waals surface area contributed by atoms with Gasteiger partial charge in [0.25, 0.3) is 0 Å². The van der Waals surface area contributed by atoms with Crippen molar-refractivity contribution in [2.45, 2.75) is 136 Å². The van der Waals surface area contributed by atoms with E-state index in [1.807, 2.05) is 13.0 Å². The van der Waals surface area contributed by atoms with Gasteiger partial charge in [-0.25, -0.2) is 8.78 Å². The highest BCUT2D eigenvalue weighted by Crippen LogP contribution is 2.44. The quantitative estimate of drug-likeness (QED) is 0.188. The first kappa shape index (κ1) is 29.5. The van der Waals surface area contributed by atoms with Gasteiger partial charge in [-0.15, -0.1) is 0 Å². The highest BCUT2D eigenvalue weighted by molar-refractivity contribution is 5.67. The Labute approximate surface area is 232 Å². The standard InChI is InChI=1S/C36H54F2/c1-3-5-6-7-8-10-27-13-19-30(20-14-27)31-21-15-28(16-22-31)11-12-29-17-23-32(24-18-29)34-26-25-33(9-4-2)35(37)36(34)38/h3,5,23,25-31H,4,6-22,24H2,1-2H3/b5-3+. The summed E-state index contributed by atoms with van der Waals surface area (Å²) in [7, 11) is 0. The summed E-state index contributed by atoms with van der Waals surface area (Å²) in [5.74, 6) is 3.39. The lowest BCUT2D eigenvalue weighted by atomic mass is 9.68. The minimum atomic E-state index is -0.633. The molecule has 0 aromatic heterocycles. The van der Waals surface area contributed by atoms with E-state index in [1.165, 1.54) is 89.9 Å². The predicted molar refractivity (Wildman–Crippen MR) is 159 cm³/mol. The third kappa shape index (κ3) is 8.28. The fourth-order valence-corrected chi connectivity index (χ4v) is 7.93. The number of allylic oxidation sites excluding steroid dienone is 4. The average Bonchev–Trinajstić information content (AvgIpc) is 2.95. The molecule has 0 bridgehead atoms. The molecule has 0 saturated heterocycles. The van der Waals surface area contributed by atoms with E-state index < -0.39 is 11.6 Å². The first-order valence-electron chi connectivity index (χ1n) is 16.4. The van der Waals surface area contributed by atoms with E-state index in [2.05, 4.69) is 25.2 Å². The van der Waals surface area contributed by atoms with E-state index in [1.54, 1.807) is 6.07 Å². The van der Waals surface area contributed by atoms with Crippen LogP contribution >= 0.6 is 0 Å². The molecule has 2 fully saturated rings. The van der Waals surface area contributed by atoms with Crippen LogP contribution in [0.2, 0.25) is 0 Å². The van der Waals surface area contributed by atoms with Crippen LogP contribution in [0.15, 0.2) is 30.4 Å². The van der Waals surface area contributed by atoms with E-state index >= 15 is 0 Å². The van der Waals surface area contributed by atoms with Gasteiger partial charge in [-0.2, -0.15) is 0 Å². The van der Waals surface area contributed by atoms with Crippen molar-refractivity contribution in [3.8, 4) is 0 Å². The Morgan fingerprint density at radius 1 is 0.763 bits per heavy atom. The molecule has 0 amide bonds. The lowest BCUT2D eigenvalue weighted by molar-refractivity contribution is 0.138. The minimum absolute atomic E-state index is 0.498. The number of benzene rings is 1. The van der Waals surface area contributed by atoms with E-state index in [9.17, 15) is 8.78 Å². The molecule has 38 heavy (non-hydrogen) atoms. The SMILES string of the molecule is C/C=C/CCCCC1CCC(C2CCC(CCC3CC=C(c4ccc(CCC)c(F)c4F)CC3)CC2)CC1. The largest absolute Gasteiger partial charge is 0.203 e. The molecule has 4 rings (SSSR count). The molecule has 212 valence electrons. The maximum absolute atomic E-state index is 14.7. The fourth-order valence-electron chi connectivity index (χ4n) is 7.93. The van der Waals surface area contributed by atoms with Crippen LogP contribution in [0, 0.1) is 41.2 Å². The molecule has 0 aliphatic heterocycles. The first-order valence-corrected chi connectivity index (χ1v) is 16.4. The molecule has 1 aromatic rings. The molecule has 2 heteroatoms. The van der Waals surface area contributed by atoms with Crippen molar-refractivity contribution in [3.05, 3.63) is 53.1 Å².